The summed E-state index contributed by atoms with van der Waals surface area (Å²) in [6, 6.07) is 3.89. The monoisotopic (exact) mass is 386 g/mol. The minimum atomic E-state index is -0.505. The van der Waals surface area contributed by atoms with Crippen molar-refractivity contribution in [2.24, 2.45) is 0 Å². The summed E-state index contributed by atoms with van der Waals surface area (Å²) in [4.78, 5) is 17.8. The molecule has 4 rings (SSSR count). The van der Waals surface area contributed by atoms with Crippen LogP contribution in [0.4, 0.5) is 0 Å². The molecule has 6 nitrogen and oxygen atoms in total. The van der Waals surface area contributed by atoms with Gasteiger partial charge in [0, 0.05) is 25.6 Å². The second-order valence-corrected chi connectivity index (χ2v) is 7.89. The quantitative estimate of drug-likeness (QED) is 0.621. The number of hydrogen-bond acceptors (Lipinski definition) is 5. The standard InChI is InChI=1S/C20H26N4O2S/c1-21-19(27)20(14-7-8-17-23-11-12-24(17)13-14)9-3-2-6-16(20)26-18(25)15-5-4-10-22-15/h7-8,11-13,15-16,22H,2-6,9-10H2,1H3,(H,21,27)/t15-,16?,20?/m1/s1. The molecule has 3 heterocycles. The van der Waals surface area contributed by atoms with Gasteiger partial charge in [-0.15, -0.1) is 0 Å². The number of thiocarbonyl (C=S) groups is 1. The number of imidazole rings is 1. The highest BCUT2D eigenvalue weighted by Gasteiger charge is 2.48. The molecular formula is C20H26N4O2S. The Balaban J connectivity index is 1.72. The molecule has 2 fully saturated rings. The molecule has 144 valence electrons. The van der Waals surface area contributed by atoms with Crippen molar-refractivity contribution >= 4 is 28.8 Å². The molecular weight excluding hydrogens is 360 g/mol. The van der Waals surface area contributed by atoms with E-state index in [0.717, 1.165) is 61.3 Å². The molecule has 7 heteroatoms. The van der Waals surface area contributed by atoms with Gasteiger partial charge in [0.15, 0.2) is 0 Å². The molecule has 0 radical (unpaired) electrons. The van der Waals surface area contributed by atoms with E-state index in [4.69, 9.17) is 17.0 Å². The van der Waals surface area contributed by atoms with Gasteiger partial charge in [0.2, 0.25) is 0 Å². The number of carbonyl (C=O) groups is 1. The van der Waals surface area contributed by atoms with Crippen LogP contribution >= 0.6 is 12.2 Å². The van der Waals surface area contributed by atoms with Crippen LogP contribution in [0, 0.1) is 0 Å². The number of pyridine rings is 1. The molecule has 0 amide bonds. The molecule has 1 aliphatic carbocycles. The lowest BCUT2D eigenvalue weighted by Gasteiger charge is -2.44. The second kappa shape index (κ2) is 7.56. The van der Waals surface area contributed by atoms with E-state index in [2.05, 4.69) is 27.9 Å². The third-order valence-electron chi connectivity index (χ3n) is 5.98. The van der Waals surface area contributed by atoms with E-state index >= 15 is 0 Å². The summed E-state index contributed by atoms with van der Waals surface area (Å²) in [5, 5.41) is 6.43. The average Bonchev–Trinajstić information content (AvgIpc) is 3.39. The fourth-order valence-electron chi connectivity index (χ4n) is 4.54. The lowest BCUT2D eigenvalue weighted by molar-refractivity contribution is -0.155. The molecule has 3 atom stereocenters. The van der Waals surface area contributed by atoms with Gasteiger partial charge in [-0.1, -0.05) is 24.7 Å². The van der Waals surface area contributed by atoms with Crippen LogP contribution in [0.3, 0.4) is 0 Å². The predicted octanol–water partition coefficient (Wildman–Crippen LogP) is 2.36. The summed E-state index contributed by atoms with van der Waals surface area (Å²) in [7, 11) is 1.85. The predicted molar refractivity (Wildman–Crippen MR) is 108 cm³/mol. The number of esters is 1. The highest BCUT2D eigenvalue weighted by molar-refractivity contribution is 7.80. The van der Waals surface area contributed by atoms with Crippen LogP contribution in [-0.4, -0.2) is 46.1 Å². The molecule has 0 spiro atoms. The number of fused-ring (bicyclic) bond motifs is 1. The van der Waals surface area contributed by atoms with Gasteiger partial charge < -0.3 is 19.8 Å². The normalized spacial score (nSPS) is 28.2. The molecule has 0 bridgehead atoms. The minimum absolute atomic E-state index is 0.147. The Kier molecular flexibility index (Phi) is 5.14. The zero-order valence-electron chi connectivity index (χ0n) is 15.6. The topological polar surface area (TPSA) is 67.7 Å². The smallest absolute Gasteiger partial charge is 0.323 e. The maximum Gasteiger partial charge on any atom is 0.323 e. The van der Waals surface area contributed by atoms with Gasteiger partial charge >= 0.3 is 5.97 Å². The molecule has 2 aromatic heterocycles. The van der Waals surface area contributed by atoms with Crippen LogP contribution in [0.2, 0.25) is 0 Å². The van der Waals surface area contributed by atoms with E-state index in [0.29, 0.717) is 0 Å². The van der Waals surface area contributed by atoms with Gasteiger partial charge in [-0.2, -0.15) is 0 Å². The zero-order valence-corrected chi connectivity index (χ0v) is 16.4. The number of hydrogen-bond donors (Lipinski definition) is 2. The van der Waals surface area contributed by atoms with Gasteiger partial charge in [-0.05, 0) is 50.3 Å². The maximum absolute atomic E-state index is 12.8. The van der Waals surface area contributed by atoms with Crippen molar-refractivity contribution in [1.82, 2.24) is 20.0 Å². The molecule has 1 saturated heterocycles. The summed E-state index contributed by atoms with van der Waals surface area (Å²) < 4.78 is 8.11. The van der Waals surface area contributed by atoms with Crippen LogP contribution in [0.5, 0.6) is 0 Å². The summed E-state index contributed by atoms with van der Waals surface area (Å²) in [5.41, 5.74) is 1.46. The van der Waals surface area contributed by atoms with Crippen LogP contribution in [0.1, 0.15) is 44.1 Å². The highest BCUT2D eigenvalue weighted by atomic mass is 32.1. The van der Waals surface area contributed by atoms with Crippen molar-refractivity contribution in [3.63, 3.8) is 0 Å². The average molecular weight is 387 g/mol. The number of aromatic nitrogens is 2. The molecule has 1 aliphatic heterocycles. The summed E-state index contributed by atoms with van der Waals surface area (Å²) in [6.07, 6.45) is 11.2. The SMILES string of the molecule is CNC(=S)C1(c2ccc3nccn3c2)CCCCC1OC(=O)[C@H]1CCCN1. The Bertz CT molecular complexity index is 845. The summed E-state index contributed by atoms with van der Waals surface area (Å²) >= 11 is 5.79. The fraction of sp³-hybridized carbons (Fsp3) is 0.550. The molecule has 2 aliphatic rings. The van der Waals surface area contributed by atoms with Crippen LogP contribution < -0.4 is 10.6 Å². The van der Waals surface area contributed by atoms with Crippen molar-refractivity contribution < 1.29 is 9.53 Å². The molecule has 2 N–H and O–H groups in total. The molecule has 0 aromatic carbocycles. The first-order valence-corrected chi connectivity index (χ1v) is 10.2. The van der Waals surface area contributed by atoms with Gasteiger partial charge in [0.05, 0.1) is 10.4 Å². The number of likely N-dealkylation sites (N-methyl/N-ethyl adjacent to an activating group) is 1. The Morgan fingerprint density at radius 3 is 3.04 bits per heavy atom. The summed E-state index contributed by atoms with van der Waals surface area (Å²) in [5.74, 6) is -0.147. The zero-order chi connectivity index (χ0) is 18.9. The minimum Gasteiger partial charge on any atom is -0.460 e. The Labute approximate surface area is 164 Å². The third kappa shape index (κ3) is 3.23. The van der Waals surface area contributed by atoms with E-state index in [1.165, 1.54) is 0 Å². The first-order valence-electron chi connectivity index (χ1n) is 9.74. The number of carbonyl (C=O) groups excluding carboxylic acids is 1. The first-order chi connectivity index (χ1) is 13.1. The Morgan fingerprint density at radius 2 is 2.26 bits per heavy atom. The van der Waals surface area contributed by atoms with E-state index in [1.807, 2.05) is 23.7 Å². The number of nitrogens with one attached hydrogen (secondary N) is 2. The van der Waals surface area contributed by atoms with Gasteiger partial charge in [0.1, 0.15) is 17.8 Å². The largest absolute Gasteiger partial charge is 0.460 e. The highest BCUT2D eigenvalue weighted by Crippen LogP contribution is 2.42. The van der Waals surface area contributed by atoms with Crippen LogP contribution in [0.15, 0.2) is 30.7 Å². The van der Waals surface area contributed by atoms with E-state index < -0.39 is 5.41 Å². The molecule has 27 heavy (non-hydrogen) atoms. The van der Waals surface area contributed by atoms with Crippen molar-refractivity contribution in [2.75, 3.05) is 13.6 Å². The summed E-state index contributed by atoms with van der Waals surface area (Å²) in [6.45, 7) is 0.877. The molecule has 2 aromatic rings. The van der Waals surface area contributed by atoms with E-state index in [9.17, 15) is 4.79 Å². The van der Waals surface area contributed by atoms with Crippen LogP contribution in [0.25, 0.3) is 5.65 Å². The number of rotatable bonds is 4. The van der Waals surface area contributed by atoms with Gasteiger partial charge in [-0.3, -0.25) is 4.79 Å². The van der Waals surface area contributed by atoms with E-state index in [-0.39, 0.29) is 18.1 Å². The third-order valence-corrected chi connectivity index (χ3v) is 6.54. The Morgan fingerprint density at radius 1 is 1.37 bits per heavy atom. The fourth-order valence-corrected chi connectivity index (χ4v) is 4.89. The molecule has 2 unspecified atom stereocenters. The van der Waals surface area contributed by atoms with Crippen LogP contribution in [-0.2, 0) is 14.9 Å². The Hall–Kier alpha value is -1.99. The lowest BCUT2D eigenvalue weighted by atomic mass is 9.67. The van der Waals surface area contributed by atoms with Gasteiger partial charge in [0.25, 0.3) is 0 Å². The van der Waals surface area contributed by atoms with Crippen molar-refractivity contribution in [2.45, 2.75) is 56.1 Å². The first kappa shape index (κ1) is 18.4. The lowest BCUT2D eigenvalue weighted by Crippen LogP contribution is -2.54. The molecule has 1 saturated carbocycles. The van der Waals surface area contributed by atoms with Gasteiger partial charge in [-0.25, -0.2) is 4.98 Å². The van der Waals surface area contributed by atoms with Crippen molar-refractivity contribution in [3.8, 4) is 0 Å². The second-order valence-electron chi connectivity index (χ2n) is 7.48. The van der Waals surface area contributed by atoms with Crippen molar-refractivity contribution in [1.29, 1.82) is 0 Å². The number of ether oxygens (including phenoxy) is 1. The van der Waals surface area contributed by atoms with E-state index in [1.54, 1.807) is 6.20 Å². The number of nitrogens with zero attached hydrogens (tertiary/aromatic N) is 2. The maximum atomic E-state index is 12.8. The van der Waals surface area contributed by atoms with Crippen molar-refractivity contribution in [3.05, 3.63) is 36.3 Å².